The van der Waals surface area contributed by atoms with Crippen LogP contribution in [0.4, 0.5) is 11.4 Å². The lowest BCUT2D eigenvalue weighted by Gasteiger charge is -2.12. The van der Waals surface area contributed by atoms with Gasteiger partial charge in [0.05, 0.1) is 11.1 Å². The highest BCUT2D eigenvalue weighted by molar-refractivity contribution is 6.08. The molecule has 0 fully saturated rings. The van der Waals surface area contributed by atoms with Gasteiger partial charge in [-0.2, -0.15) is 0 Å². The summed E-state index contributed by atoms with van der Waals surface area (Å²) in [7, 11) is 0. The molecule has 148 valence electrons. The summed E-state index contributed by atoms with van der Waals surface area (Å²) in [6.07, 6.45) is 2.91. The molecule has 5 heteroatoms. The highest BCUT2D eigenvalue weighted by Crippen LogP contribution is 2.21. The molecule has 2 aromatic carbocycles. The first-order chi connectivity index (χ1) is 13.8. The largest absolute Gasteiger partial charge is 0.322 e. The molecule has 5 nitrogen and oxygen atoms in total. The summed E-state index contributed by atoms with van der Waals surface area (Å²) in [4.78, 5) is 29.3. The van der Waals surface area contributed by atoms with Crippen molar-refractivity contribution in [3.8, 4) is 0 Å². The Balaban J connectivity index is 1.74. The maximum absolute atomic E-state index is 12.7. The minimum absolute atomic E-state index is 0.300. The third-order valence-electron chi connectivity index (χ3n) is 4.82. The van der Waals surface area contributed by atoms with E-state index < -0.39 is 0 Å². The molecule has 1 aromatic heterocycles. The van der Waals surface area contributed by atoms with Gasteiger partial charge < -0.3 is 10.6 Å². The van der Waals surface area contributed by atoms with Gasteiger partial charge in [-0.3, -0.25) is 14.6 Å². The monoisotopic (exact) mass is 387 g/mol. The molecule has 0 radical (unpaired) electrons. The van der Waals surface area contributed by atoms with Crippen LogP contribution in [-0.4, -0.2) is 16.8 Å². The first-order valence-electron chi connectivity index (χ1n) is 9.59. The average molecular weight is 387 g/mol. The summed E-state index contributed by atoms with van der Waals surface area (Å²) < 4.78 is 0. The molecule has 2 amide bonds. The van der Waals surface area contributed by atoms with E-state index in [-0.39, 0.29) is 11.8 Å². The Kier molecular flexibility index (Phi) is 6.07. The number of aromatic nitrogens is 1. The summed E-state index contributed by atoms with van der Waals surface area (Å²) in [6.45, 7) is 8.12. The number of hydrogen-bond acceptors (Lipinski definition) is 3. The topological polar surface area (TPSA) is 71.1 Å². The van der Waals surface area contributed by atoms with Gasteiger partial charge >= 0.3 is 0 Å². The van der Waals surface area contributed by atoms with E-state index >= 15 is 0 Å². The number of pyridine rings is 1. The predicted molar refractivity (Wildman–Crippen MR) is 117 cm³/mol. The zero-order valence-corrected chi connectivity index (χ0v) is 17.1. The van der Waals surface area contributed by atoms with Gasteiger partial charge in [0.1, 0.15) is 0 Å². The van der Waals surface area contributed by atoms with Crippen molar-refractivity contribution in [1.82, 2.24) is 4.98 Å². The summed E-state index contributed by atoms with van der Waals surface area (Å²) in [6, 6.07) is 15.1. The van der Waals surface area contributed by atoms with Gasteiger partial charge in [0.2, 0.25) is 0 Å². The third kappa shape index (κ3) is 4.88. The van der Waals surface area contributed by atoms with E-state index in [1.165, 1.54) is 18.0 Å². The van der Waals surface area contributed by atoms with Crippen molar-refractivity contribution in [2.75, 3.05) is 10.6 Å². The summed E-state index contributed by atoms with van der Waals surface area (Å²) in [5, 5.41) is 5.76. The molecule has 29 heavy (non-hydrogen) atoms. The van der Waals surface area contributed by atoms with E-state index in [4.69, 9.17) is 0 Å². The van der Waals surface area contributed by atoms with Crippen molar-refractivity contribution >= 4 is 23.2 Å². The molecule has 0 saturated heterocycles. The highest BCUT2D eigenvalue weighted by atomic mass is 16.2. The maximum atomic E-state index is 12.7. The molecule has 1 heterocycles. The van der Waals surface area contributed by atoms with Gasteiger partial charge in [-0.15, -0.1) is 0 Å². The second kappa shape index (κ2) is 8.69. The van der Waals surface area contributed by atoms with Crippen LogP contribution in [0.25, 0.3) is 0 Å². The van der Waals surface area contributed by atoms with Gasteiger partial charge in [0, 0.05) is 23.8 Å². The fraction of sp³-hybridized carbons (Fsp3) is 0.208. The molecule has 0 aliphatic rings. The molecule has 0 saturated carbocycles. The van der Waals surface area contributed by atoms with E-state index in [0.717, 1.165) is 16.8 Å². The Hall–Kier alpha value is -3.47. The van der Waals surface area contributed by atoms with Crippen molar-refractivity contribution in [3.63, 3.8) is 0 Å². The van der Waals surface area contributed by atoms with E-state index in [1.54, 1.807) is 6.07 Å². The van der Waals surface area contributed by atoms with Gasteiger partial charge in [-0.25, -0.2) is 0 Å². The molecular formula is C24H25N3O2. The van der Waals surface area contributed by atoms with Gasteiger partial charge in [-0.1, -0.05) is 44.2 Å². The fourth-order valence-electron chi connectivity index (χ4n) is 3.04. The van der Waals surface area contributed by atoms with Crippen LogP contribution in [0.5, 0.6) is 0 Å². The van der Waals surface area contributed by atoms with Crippen molar-refractivity contribution in [3.05, 3.63) is 88.7 Å². The van der Waals surface area contributed by atoms with Crippen molar-refractivity contribution in [2.24, 2.45) is 0 Å². The third-order valence-corrected chi connectivity index (χ3v) is 4.82. The lowest BCUT2D eigenvalue weighted by atomic mass is 10.0. The SMILES string of the molecule is Cc1cccc(C)c1NC(=O)c1cncc(C(=O)Nc2ccc(C(C)C)cc2)c1. The number of aryl methyl sites for hydroxylation is 2. The summed E-state index contributed by atoms with van der Waals surface area (Å²) in [5.41, 5.74) is 5.29. The number of amides is 2. The zero-order chi connectivity index (χ0) is 21.0. The van der Waals surface area contributed by atoms with Crippen LogP contribution in [0.3, 0.4) is 0 Å². The van der Waals surface area contributed by atoms with Gasteiger partial charge in [0.15, 0.2) is 0 Å². The standard InChI is InChI=1S/C24H25N3O2/c1-15(2)18-8-10-21(11-9-18)26-23(28)19-12-20(14-25-13-19)24(29)27-22-16(3)6-5-7-17(22)4/h5-15H,1-4H3,(H,26,28)(H,27,29). The summed E-state index contributed by atoms with van der Waals surface area (Å²) >= 11 is 0. The lowest BCUT2D eigenvalue weighted by Crippen LogP contribution is -2.17. The highest BCUT2D eigenvalue weighted by Gasteiger charge is 2.14. The van der Waals surface area contributed by atoms with Gasteiger partial charge in [0.25, 0.3) is 11.8 Å². The summed E-state index contributed by atoms with van der Waals surface area (Å²) in [5.74, 6) is -0.182. The fourth-order valence-corrected chi connectivity index (χ4v) is 3.04. The Morgan fingerprint density at radius 1 is 0.828 bits per heavy atom. The number of nitrogens with one attached hydrogen (secondary N) is 2. The number of para-hydroxylation sites is 1. The normalized spacial score (nSPS) is 10.7. The molecule has 0 aliphatic carbocycles. The molecular weight excluding hydrogens is 362 g/mol. The van der Waals surface area contributed by atoms with E-state index in [2.05, 4.69) is 29.5 Å². The minimum atomic E-state index is -0.309. The second-order valence-corrected chi connectivity index (χ2v) is 7.41. The zero-order valence-electron chi connectivity index (χ0n) is 17.1. The van der Waals surface area contributed by atoms with Crippen molar-refractivity contribution in [1.29, 1.82) is 0 Å². The molecule has 0 bridgehead atoms. The number of rotatable bonds is 5. The predicted octanol–water partition coefficient (Wildman–Crippen LogP) is 5.33. The van der Waals surface area contributed by atoms with Gasteiger partial charge in [-0.05, 0) is 54.7 Å². The Morgan fingerprint density at radius 2 is 1.38 bits per heavy atom. The first kappa shape index (κ1) is 20.3. The van der Waals surface area contributed by atoms with Crippen LogP contribution in [0.2, 0.25) is 0 Å². The lowest BCUT2D eigenvalue weighted by molar-refractivity contribution is 0.102. The Labute approximate surface area is 171 Å². The number of hydrogen-bond donors (Lipinski definition) is 2. The number of anilines is 2. The smallest absolute Gasteiger partial charge is 0.257 e. The molecule has 0 atom stereocenters. The molecule has 0 unspecified atom stereocenters. The Bertz CT molecular complexity index is 1020. The van der Waals surface area contributed by atoms with E-state index in [0.29, 0.717) is 22.7 Å². The van der Waals surface area contributed by atoms with Crippen molar-refractivity contribution in [2.45, 2.75) is 33.6 Å². The van der Waals surface area contributed by atoms with Crippen LogP contribution in [-0.2, 0) is 0 Å². The van der Waals surface area contributed by atoms with Crippen LogP contribution < -0.4 is 10.6 Å². The maximum Gasteiger partial charge on any atom is 0.257 e. The molecule has 3 rings (SSSR count). The van der Waals surface area contributed by atoms with E-state index in [9.17, 15) is 9.59 Å². The number of nitrogens with zero attached hydrogens (tertiary/aromatic N) is 1. The van der Waals surface area contributed by atoms with Crippen LogP contribution in [0.15, 0.2) is 60.9 Å². The average Bonchev–Trinajstić information content (AvgIpc) is 2.71. The second-order valence-electron chi connectivity index (χ2n) is 7.41. The minimum Gasteiger partial charge on any atom is -0.322 e. The first-order valence-corrected chi connectivity index (χ1v) is 9.59. The van der Waals surface area contributed by atoms with Crippen LogP contribution in [0, 0.1) is 13.8 Å². The molecule has 0 spiro atoms. The molecule has 0 aliphatic heterocycles. The number of carbonyl (C=O) groups excluding carboxylic acids is 2. The van der Waals surface area contributed by atoms with Crippen molar-refractivity contribution < 1.29 is 9.59 Å². The molecule has 2 N–H and O–H groups in total. The van der Waals surface area contributed by atoms with Crippen LogP contribution >= 0.6 is 0 Å². The number of carbonyl (C=O) groups is 2. The molecule has 3 aromatic rings. The number of benzene rings is 2. The Morgan fingerprint density at radius 3 is 1.93 bits per heavy atom. The quantitative estimate of drug-likeness (QED) is 0.622. The van der Waals surface area contributed by atoms with E-state index in [1.807, 2.05) is 56.3 Å². The van der Waals surface area contributed by atoms with Crippen LogP contribution in [0.1, 0.15) is 57.2 Å².